The highest BCUT2D eigenvalue weighted by Crippen LogP contribution is 2.36. The second-order valence-electron chi connectivity index (χ2n) is 7.65. The van der Waals surface area contributed by atoms with Crippen LogP contribution in [0, 0.1) is 24.0 Å². The fraction of sp³-hybridized carbons (Fsp3) is 0.120. The van der Waals surface area contributed by atoms with E-state index in [1.807, 2.05) is 26.0 Å². The molecule has 3 aromatic carbocycles. The van der Waals surface area contributed by atoms with Crippen LogP contribution in [0.2, 0.25) is 0 Å². The molecule has 1 aliphatic rings. The van der Waals surface area contributed by atoms with Gasteiger partial charge in [0.15, 0.2) is 0 Å². The molecule has 3 aromatic rings. The summed E-state index contributed by atoms with van der Waals surface area (Å²) in [5.41, 5.74) is 3.35. The number of hydrogen-bond donors (Lipinski definition) is 1. The quantitative estimate of drug-likeness (QED) is 0.339. The van der Waals surface area contributed by atoms with Crippen LogP contribution in [0.3, 0.4) is 0 Å². The Labute approximate surface area is 190 Å². The van der Waals surface area contributed by atoms with E-state index in [4.69, 9.17) is 4.74 Å². The number of methoxy groups -OCH3 is 1. The number of nitro benzene ring substituents is 1. The number of amides is 2. The van der Waals surface area contributed by atoms with Gasteiger partial charge in [0.2, 0.25) is 0 Å². The van der Waals surface area contributed by atoms with Crippen molar-refractivity contribution in [2.75, 3.05) is 17.3 Å². The zero-order valence-electron chi connectivity index (χ0n) is 18.3. The number of non-ortho nitro benzene ring substituents is 1. The summed E-state index contributed by atoms with van der Waals surface area (Å²) in [4.78, 5) is 38.7. The highest BCUT2D eigenvalue weighted by molar-refractivity contribution is 6.46. The number of nitrogens with zero attached hydrogens (tertiary/aromatic N) is 2. The molecule has 8 nitrogen and oxygen atoms in total. The number of hydrogen-bond acceptors (Lipinski definition) is 6. The Hall–Kier alpha value is -4.46. The van der Waals surface area contributed by atoms with Crippen molar-refractivity contribution in [2.45, 2.75) is 13.8 Å². The third kappa shape index (κ3) is 4.06. The van der Waals surface area contributed by atoms with Gasteiger partial charge in [0.05, 0.1) is 23.3 Å². The van der Waals surface area contributed by atoms with Crippen LogP contribution >= 0.6 is 0 Å². The smallest absolute Gasteiger partial charge is 0.282 e. The fourth-order valence-electron chi connectivity index (χ4n) is 3.78. The predicted molar refractivity (Wildman–Crippen MR) is 125 cm³/mol. The van der Waals surface area contributed by atoms with E-state index in [1.54, 1.807) is 30.3 Å². The van der Waals surface area contributed by atoms with E-state index in [2.05, 4.69) is 5.32 Å². The number of aryl methyl sites for hydroxylation is 2. The normalized spacial score (nSPS) is 13.5. The first-order valence-corrected chi connectivity index (χ1v) is 10.2. The van der Waals surface area contributed by atoms with E-state index in [-0.39, 0.29) is 17.0 Å². The Kier molecular flexibility index (Phi) is 5.66. The fourth-order valence-corrected chi connectivity index (χ4v) is 3.78. The molecular weight excluding hydrogens is 422 g/mol. The van der Waals surface area contributed by atoms with E-state index in [0.29, 0.717) is 22.7 Å². The lowest BCUT2D eigenvalue weighted by Crippen LogP contribution is -2.33. The van der Waals surface area contributed by atoms with Crippen molar-refractivity contribution in [1.82, 2.24) is 0 Å². The van der Waals surface area contributed by atoms with E-state index in [1.165, 1.54) is 31.4 Å². The summed E-state index contributed by atoms with van der Waals surface area (Å²) in [6.07, 6.45) is 0. The molecule has 2 amide bonds. The van der Waals surface area contributed by atoms with Crippen LogP contribution < -0.4 is 15.0 Å². The summed E-state index contributed by atoms with van der Waals surface area (Å²) in [6, 6.07) is 18.0. The summed E-state index contributed by atoms with van der Waals surface area (Å²) in [7, 11) is 1.53. The number of ether oxygens (including phenoxy) is 1. The van der Waals surface area contributed by atoms with Crippen LogP contribution in [0.1, 0.15) is 16.7 Å². The monoisotopic (exact) mass is 443 g/mol. The Morgan fingerprint density at radius 3 is 2.30 bits per heavy atom. The van der Waals surface area contributed by atoms with Crippen molar-refractivity contribution in [2.24, 2.45) is 0 Å². The van der Waals surface area contributed by atoms with Crippen LogP contribution in [0.5, 0.6) is 5.75 Å². The topological polar surface area (TPSA) is 102 Å². The van der Waals surface area contributed by atoms with Gasteiger partial charge < -0.3 is 10.1 Å². The molecule has 1 aliphatic heterocycles. The molecule has 4 rings (SSSR count). The first kappa shape index (κ1) is 21.8. The highest BCUT2D eigenvalue weighted by atomic mass is 16.6. The van der Waals surface area contributed by atoms with Gasteiger partial charge in [0, 0.05) is 23.9 Å². The number of carbonyl (C=O) groups excluding carboxylic acids is 2. The van der Waals surface area contributed by atoms with Gasteiger partial charge in [-0.15, -0.1) is 0 Å². The lowest BCUT2D eigenvalue weighted by Gasteiger charge is -2.18. The van der Waals surface area contributed by atoms with Crippen LogP contribution in [0.15, 0.2) is 72.4 Å². The van der Waals surface area contributed by atoms with E-state index < -0.39 is 16.7 Å². The number of benzene rings is 3. The molecule has 0 atom stereocenters. The van der Waals surface area contributed by atoms with Crippen LogP contribution in [-0.4, -0.2) is 23.8 Å². The first-order chi connectivity index (χ1) is 15.8. The molecule has 33 heavy (non-hydrogen) atoms. The lowest BCUT2D eigenvalue weighted by molar-refractivity contribution is -0.384. The maximum absolute atomic E-state index is 13.5. The summed E-state index contributed by atoms with van der Waals surface area (Å²) >= 11 is 0. The minimum atomic E-state index is -0.517. The molecule has 0 saturated carbocycles. The minimum absolute atomic E-state index is 0.0853. The second kappa shape index (κ2) is 8.58. The minimum Gasteiger partial charge on any atom is -0.497 e. The summed E-state index contributed by atoms with van der Waals surface area (Å²) < 4.78 is 5.25. The number of carbonyl (C=O) groups is 2. The van der Waals surface area contributed by atoms with E-state index >= 15 is 0 Å². The van der Waals surface area contributed by atoms with Gasteiger partial charge in [0.1, 0.15) is 11.4 Å². The summed E-state index contributed by atoms with van der Waals surface area (Å²) in [5.74, 6) is -0.435. The number of nitro groups is 1. The Morgan fingerprint density at radius 2 is 1.67 bits per heavy atom. The molecule has 0 aromatic heterocycles. The number of rotatable bonds is 6. The van der Waals surface area contributed by atoms with Crippen molar-refractivity contribution >= 4 is 34.4 Å². The van der Waals surface area contributed by atoms with Gasteiger partial charge in [-0.3, -0.25) is 19.7 Å². The van der Waals surface area contributed by atoms with Gasteiger partial charge >= 0.3 is 0 Å². The Morgan fingerprint density at radius 1 is 0.939 bits per heavy atom. The predicted octanol–water partition coefficient (Wildman–Crippen LogP) is 4.62. The van der Waals surface area contributed by atoms with E-state index in [9.17, 15) is 19.7 Å². The summed E-state index contributed by atoms with van der Waals surface area (Å²) in [6.45, 7) is 3.77. The van der Waals surface area contributed by atoms with Gasteiger partial charge in [-0.05, 0) is 55.3 Å². The van der Waals surface area contributed by atoms with Crippen LogP contribution in [0.4, 0.5) is 17.1 Å². The molecule has 1 N–H and O–H groups in total. The molecule has 0 bridgehead atoms. The Balaban J connectivity index is 1.83. The molecular formula is C25H21N3O5. The van der Waals surface area contributed by atoms with Crippen molar-refractivity contribution in [3.05, 3.63) is 99.2 Å². The standard InChI is InChI=1S/C25H21N3O5/c1-15-7-12-21(16(2)13-15)27-24(29)22(17-8-10-19(11-9-17)28(31)32)23(25(27)30)26-18-5-4-6-20(14-18)33-3/h4-14,26H,1-3H3. The Bertz CT molecular complexity index is 1310. The molecule has 0 unspecified atom stereocenters. The molecule has 0 aliphatic carbocycles. The van der Waals surface area contributed by atoms with Crippen molar-refractivity contribution in [3.8, 4) is 5.75 Å². The number of imide groups is 1. The van der Waals surface area contributed by atoms with Gasteiger partial charge in [-0.25, -0.2) is 4.90 Å². The van der Waals surface area contributed by atoms with Crippen molar-refractivity contribution in [1.29, 1.82) is 0 Å². The number of nitrogens with one attached hydrogen (secondary N) is 1. The van der Waals surface area contributed by atoms with Crippen molar-refractivity contribution in [3.63, 3.8) is 0 Å². The molecule has 0 radical (unpaired) electrons. The third-order valence-electron chi connectivity index (χ3n) is 5.38. The SMILES string of the molecule is COc1cccc(NC2=C(c3ccc([N+](=O)[O-])cc3)C(=O)N(c3ccc(C)cc3C)C2=O)c1. The molecule has 166 valence electrons. The van der Waals surface area contributed by atoms with Crippen LogP contribution in [-0.2, 0) is 9.59 Å². The van der Waals surface area contributed by atoms with Gasteiger partial charge in [-0.1, -0.05) is 23.8 Å². The number of anilines is 2. The zero-order valence-corrected chi connectivity index (χ0v) is 18.3. The maximum Gasteiger partial charge on any atom is 0.282 e. The highest BCUT2D eigenvalue weighted by Gasteiger charge is 2.41. The third-order valence-corrected chi connectivity index (χ3v) is 5.38. The molecule has 0 fully saturated rings. The molecule has 8 heteroatoms. The molecule has 0 saturated heterocycles. The van der Waals surface area contributed by atoms with Gasteiger partial charge in [0.25, 0.3) is 17.5 Å². The maximum atomic E-state index is 13.5. The summed E-state index contributed by atoms with van der Waals surface area (Å²) in [5, 5.41) is 14.1. The second-order valence-corrected chi connectivity index (χ2v) is 7.65. The zero-order chi connectivity index (χ0) is 23.7. The molecule has 1 heterocycles. The van der Waals surface area contributed by atoms with E-state index in [0.717, 1.165) is 16.0 Å². The van der Waals surface area contributed by atoms with Gasteiger partial charge in [-0.2, -0.15) is 0 Å². The molecule has 0 spiro atoms. The average Bonchev–Trinajstić information content (AvgIpc) is 3.03. The average molecular weight is 443 g/mol. The lowest BCUT2D eigenvalue weighted by atomic mass is 10.0. The van der Waals surface area contributed by atoms with Crippen LogP contribution in [0.25, 0.3) is 5.57 Å². The first-order valence-electron chi connectivity index (χ1n) is 10.2. The largest absolute Gasteiger partial charge is 0.497 e. The van der Waals surface area contributed by atoms with Crippen molar-refractivity contribution < 1.29 is 19.2 Å².